The van der Waals surface area contributed by atoms with Gasteiger partial charge in [-0.2, -0.15) is 0 Å². The first-order valence-corrected chi connectivity index (χ1v) is 13.4. The molecule has 7 nitrogen and oxygen atoms in total. The SMILES string of the molecule is CC(=O)O[C@H](CC(=O)NCc1nc(Cc2ccccc2P)cs1)C(=O)N1CCCC1c1ccccc1. The van der Waals surface area contributed by atoms with Crippen molar-refractivity contribution in [2.45, 2.75) is 51.3 Å². The Morgan fingerprint density at radius 3 is 2.67 bits per heavy atom. The summed E-state index contributed by atoms with van der Waals surface area (Å²) in [5, 5.41) is 6.72. The van der Waals surface area contributed by atoms with Crippen LogP contribution in [0, 0.1) is 0 Å². The highest BCUT2D eigenvalue weighted by atomic mass is 32.1. The first kappa shape index (κ1) is 26.0. The van der Waals surface area contributed by atoms with Crippen molar-refractivity contribution in [2.75, 3.05) is 6.54 Å². The van der Waals surface area contributed by atoms with Crippen molar-refractivity contribution in [1.82, 2.24) is 15.2 Å². The van der Waals surface area contributed by atoms with Gasteiger partial charge in [-0.25, -0.2) is 4.98 Å². The van der Waals surface area contributed by atoms with Crippen LogP contribution in [0.1, 0.15) is 54.1 Å². The third-order valence-corrected chi connectivity index (χ3v) is 7.60. The summed E-state index contributed by atoms with van der Waals surface area (Å²) < 4.78 is 5.31. The fourth-order valence-corrected chi connectivity index (χ4v) is 5.48. The number of benzene rings is 2. The summed E-state index contributed by atoms with van der Waals surface area (Å²) >= 11 is 1.48. The topological polar surface area (TPSA) is 88.6 Å². The summed E-state index contributed by atoms with van der Waals surface area (Å²) in [5.74, 6) is -1.29. The molecule has 36 heavy (non-hydrogen) atoms. The molecule has 4 rings (SSSR count). The number of thiazole rings is 1. The number of rotatable bonds is 9. The Morgan fingerprint density at radius 2 is 1.92 bits per heavy atom. The van der Waals surface area contributed by atoms with Gasteiger partial charge < -0.3 is 15.0 Å². The third-order valence-electron chi connectivity index (χ3n) is 6.14. The fourth-order valence-electron chi connectivity index (χ4n) is 4.43. The Labute approximate surface area is 217 Å². The highest BCUT2D eigenvalue weighted by Gasteiger charge is 2.36. The summed E-state index contributed by atoms with van der Waals surface area (Å²) in [7, 11) is 2.73. The number of aromatic nitrogens is 1. The molecule has 188 valence electrons. The van der Waals surface area contributed by atoms with E-state index in [1.54, 1.807) is 4.90 Å². The van der Waals surface area contributed by atoms with Gasteiger partial charge in [0.25, 0.3) is 5.91 Å². The Balaban J connectivity index is 1.35. The number of nitrogens with zero attached hydrogens (tertiary/aromatic N) is 2. The Bertz CT molecular complexity index is 1220. The second-order valence-electron chi connectivity index (χ2n) is 8.79. The minimum atomic E-state index is -1.16. The molecule has 2 aromatic carbocycles. The molecule has 1 aliphatic heterocycles. The molecule has 0 saturated carbocycles. The summed E-state index contributed by atoms with van der Waals surface area (Å²) in [6, 6.07) is 17.8. The molecule has 3 aromatic rings. The van der Waals surface area contributed by atoms with Crippen LogP contribution in [0.5, 0.6) is 0 Å². The van der Waals surface area contributed by atoms with E-state index >= 15 is 0 Å². The van der Waals surface area contributed by atoms with Gasteiger partial charge in [0, 0.05) is 25.3 Å². The van der Waals surface area contributed by atoms with Crippen LogP contribution in [-0.4, -0.2) is 40.3 Å². The highest BCUT2D eigenvalue weighted by molar-refractivity contribution is 7.27. The smallest absolute Gasteiger partial charge is 0.303 e. The number of esters is 1. The quantitative estimate of drug-likeness (QED) is 0.343. The third kappa shape index (κ3) is 6.77. The number of ether oxygens (including phenoxy) is 1. The van der Waals surface area contributed by atoms with Crippen molar-refractivity contribution < 1.29 is 19.1 Å². The molecular formula is C27H30N3O4PS. The molecule has 0 aliphatic carbocycles. The van der Waals surface area contributed by atoms with Crippen molar-refractivity contribution in [1.29, 1.82) is 0 Å². The van der Waals surface area contributed by atoms with Crippen LogP contribution in [0.25, 0.3) is 0 Å². The van der Waals surface area contributed by atoms with Crippen LogP contribution in [0.2, 0.25) is 0 Å². The maximum absolute atomic E-state index is 13.3. The van der Waals surface area contributed by atoms with E-state index < -0.39 is 12.1 Å². The second kappa shape index (κ2) is 12.2. The van der Waals surface area contributed by atoms with Gasteiger partial charge in [0.1, 0.15) is 5.01 Å². The van der Waals surface area contributed by atoms with Crippen molar-refractivity contribution in [3.8, 4) is 0 Å². The second-order valence-corrected chi connectivity index (χ2v) is 10.4. The monoisotopic (exact) mass is 523 g/mol. The molecule has 0 bridgehead atoms. The van der Waals surface area contributed by atoms with E-state index in [2.05, 4.69) is 25.6 Å². The molecule has 0 spiro atoms. The molecule has 1 fully saturated rings. The van der Waals surface area contributed by atoms with Gasteiger partial charge in [0.15, 0.2) is 6.10 Å². The molecule has 1 aliphatic rings. The minimum absolute atomic E-state index is 0.0831. The van der Waals surface area contributed by atoms with E-state index in [1.807, 2.05) is 53.9 Å². The lowest BCUT2D eigenvalue weighted by atomic mass is 10.0. The summed E-state index contributed by atoms with van der Waals surface area (Å²) in [6.07, 6.45) is 1.03. The lowest BCUT2D eigenvalue weighted by molar-refractivity contribution is -0.160. The van der Waals surface area contributed by atoms with Gasteiger partial charge in [0.05, 0.1) is 24.7 Å². The first-order valence-electron chi connectivity index (χ1n) is 12.0. The van der Waals surface area contributed by atoms with E-state index in [4.69, 9.17) is 4.74 Å². The highest BCUT2D eigenvalue weighted by Crippen LogP contribution is 2.32. The molecule has 2 unspecified atom stereocenters. The van der Waals surface area contributed by atoms with Crippen LogP contribution < -0.4 is 10.6 Å². The molecule has 1 aromatic heterocycles. The fraction of sp³-hybridized carbons (Fsp3) is 0.333. The van der Waals surface area contributed by atoms with E-state index in [-0.39, 0.29) is 30.8 Å². The standard InChI is InChI=1S/C27H30N3O4PS/c1-18(31)34-23(27(33)30-13-7-11-22(30)19-8-3-2-4-9-19)15-25(32)28-16-26-29-21(17-36-26)14-20-10-5-6-12-24(20)35/h2-6,8-10,12,17,22-23H,7,11,13-16,35H2,1H3,(H,28,32)/t22?,23-/m1/s1. The van der Waals surface area contributed by atoms with Gasteiger partial charge in [-0.05, 0) is 29.3 Å². The Morgan fingerprint density at radius 1 is 1.17 bits per heavy atom. The van der Waals surface area contributed by atoms with Crippen LogP contribution in [0.3, 0.4) is 0 Å². The zero-order valence-electron chi connectivity index (χ0n) is 20.2. The molecule has 1 N–H and O–H groups in total. The maximum atomic E-state index is 13.3. The zero-order chi connectivity index (χ0) is 25.5. The van der Waals surface area contributed by atoms with E-state index in [1.165, 1.54) is 23.8 Å². The number of carbonyl (C=O) groups excluding carboxylic acids is 3. The lowest BCUT2D eigenvalue weighted by Crippen LogP contribution is -2.43. The average Bonchev–Trinajstić information content (AvgIpc) is 3.53. The Hall–Kier alpha value is -3.09. The number of carbonyl (C=O) groups is 3. The van der Waals surface area contributed by atoms with E-state index in [9.17, 15) is 14.4 Å². The predicted octanol–water partition coefficient (Wildman–Crippen LogP) is 3.54. The van der Waals surface area contributed by atoms with E-state index in [0.29, 0.717) is 13.0 Å². The molecule has 9 heteroatoms. The van der Waals surface area contributed by atoms with Gasteiger partial charge in [-0.15, -0.1) is 20.6 Å². The molecule has 2 amide bonds. The van der Waals surface area contributed by atoms with Crippen molar-refractivity contribution in [3.05, 3.63) is 81.8 Å². The Kier molecular flexibility index (Phi) is 8.83. The predicted molar refractivity (Wildman–Crippen MR) is 143 cm³/mol. The molecule has 0 radical (unpaired) electrons. The maximum Gasteiger partial charge on any atom is 0.303 e. The molecule has 2 heterocycles. The van der Waals surface area contributed by atoms with Crippen LogP contribution in [0.4, 0.5) is 0 Å². The van der Waals surface area contributed by atoms with Crippen LogP contribution in [0.15, 0.2) is 60.0 Å². The first-order chi connectivity index (χ1) is 17.4. The van der Waals surface area contributed by atoms with Crippen LogP contribution in [-0.2, 0) is 32.1 Å². The van der Waals surface area contributed by atoms with Crippen molar-refractivity contribution in [3.63, 3.8) is 0 Å². The number of amides is 2. The number of likely N-dealkylation sites (tertiary alicyclic amines) is 1. The van der Waals surface area contributed by atoms with Crippen molar-refractivity contribution >= 4 is 43.7 Å². The molecular weight excluding hydrogens is 493 g/mol. The number of hydrogen-bond donors (Lipinski definition) is 1. The summed E-state index contributed by atoms with van der Waals surface area (Å²) in [5.41, 5.74) is 3.16. The van der Waals surface area contributed by atoms with Gasteiger partial charge in [0.2, 0.25) is 5.91 Å². The lowest BCUT2D eigenvalue weighted by Gasteiger charge is -2.28. The summed E-state index contributed by atoms with van der Waals surface area (Å²) in [4.78, 5) is 44.1. The number of nitrogens with one attached hydrogen (secondary N) is 1. The van der Waals surface area contributed by atoms with Gasteiger partial charge in [-0.3, -0.25) is 14.4 Å². The summed E-state index contributed by atoms with van der Waals surface area (Å²) in [6.45, 7) is 2.07. The minimum Gasteiger partial charge on any atom is -0.452 e. The van der Waals surface area contributed by atoms with Crippen LogP contribution >= 0.6 is 20.6 Å². The molecule has 1 saturated heterocycles. The number of hydrogen-bond acceptors (Lipinski definition) is 6. The largest absolute Gasteiger partial charge is 0.452 e. The average molecular weight is 524 g/mol. The molecule has 3 atom stereocenters. The van der Waals surface area contributed by atoms with Crippen molar-refractivity contribution in [2.24, 2.45) is 0 Å². The van der Waals surface area contributed by atoms with Gasteiger partial charge in [-0.1, -0.05) is 54.6 Å². The normalized spacial score (nSPS) is 15.9. The van der Waals surface area contributed by atoms with E-state index in [0.717, 1.165) is 34.4 Å². The van der Waals surface area contributed by atoms with Gasteiger partial charge >= 0.3 is 5.97 Å². The zero-order valence-corrected chi connectivity index (χ0v) is 22.2.